The van der Waals surface area contributed by atoms with Crippen LogP contribution in [0.4, 0.5) is 5.69 Å². The summed E-state index contributed by atoms with van der Waals surface area (Å²) in [4.78, 5) is 4.92. The second kappa shape index (κ2) is 6.70. The second-order valence-electron chi connectivity index (χ2n) is 7.84. The van der Waals surface area contributed by atoms with Gasteiger partial charge in [-0.25, -0.2) is 0 Å². The Hall–Kier alpha value is -2.30. The van der Waals surface area contributed by atoms with Crippen LogP contribution in [-0.4, -0.2) is 44.8 Å². The zero-order valence-corrected chi connectivity index (χ0v) is 16.1. The predicted octanol–water partition coefficient (Wildman–Crippen LogP) is 4.16. The highest BCUT2D eigenvalue weighted by atomic mass is 16.5. The molecule has 1 unspecified atom stereocenters. The third-order valence-electron chi connectivity index (χ3n) is 6.13. The van der Waals surface area contributed by atoms with E-state index in [4.69, 9.17) is 9.15 Å². The van der Waals surface area contributed by atoms with Crippen molar-refractivity contribution in [3.63, 3.8) is 0 Å². The van der Waals surface area contributed by atoms with Crippen LogP contribution in [0.15, 0.2) is 47.1 Å². The standard InChI is InChI=1S/C23H26N2O2/c1-16-20-14-24(2)15-21(17-3-6-23-18(13-17)7-10-27-23)19(20)4-5-22(16)25-8-11-26-12-9-25/h3-7,10,13,21H,8-9,11-12,14-15H2,1-2H3. The zero-order valence-electron chi connectivity index (χ0n) is 16.1. The Balaban J connectivity index is 1.57. The van der Waals surface area contributed by atoms with Gasteiger partial charge in [0, 0.05) is 43.2 Å². The van der Waals surface area contributed by atoms with Gasteiger partial charge in [-0.15, -0.1) is 0 Å². The van der Waals surface area contributed by atoms with E-state index in [1.165, 1.54) is 33.3 Å². The highest BCUT2D eigenvalue weighted by molar-refractivity contribution is 5.78. The van der Waals surface area contributed by atoms with Crippen molar-refractivity contribution in [3.05, 3.63) is 64.9 Å². The summed E-state index contributed by atoms with van der Waals surface area (Å²) in [6.45, 7) is 7.97. The van der Waals surface area contributed by atoms with E-state index in [-0.39, 0.29) is 0 Å². The average Bonchev–Trinajstić information content (AvgIpc) is 3.17. The second-order valence-corrected chi connectivity index (χ2v) is 7.84. The van der Waals surface area contributed by atoms with Gasteiger partial charge in [0.15, 0.2) is 0 Å². The molecular weight excluding hydrogens is 336 g/mol. The topological polar surface area (TPSA) is 28.9 Å². The quantitative estimate of drug-likeness (QED) is 0.685. The summed E-state index contributed by atoms with van der Waals surface area (Å²) in [5, 5.41) is 1.18. The molecule has 140 valence electrons. The third kappa shape index (κ3) is 2.93. The van der Waals surface area contributed by atoms with Crippen LogP contribution in [0.2, 0.25) is 0 Å². The highest BCUT2D eigenvalue weighted by Gasteiger charge is 2.28. The van der Waals surface area contributed by atoms with Crippen molar-refractivity contribution in [3.8, 4) is 0 Å². The molecule has 0 amide bonds. The number of hydrogen-bond donors (Lipinski definition) is 0. The lowest BCUT2D eigenvalue weighted by Gasteiger charge is -2.37. The molecule has 1 aromatic heterocycles. The first-order valence-corrected chi connectivity index (χ1v) is 9.81. The van der Waals surface area contributed by atoms with E-state index in [0.29, 0.717) is 5.92 Å². The summed E-state index contributed by atoms with van der Waals surface area (Å²) in [6, 6.07) is 13.4. The Kier molecular flexibility index (Phi) is 4.18. The van der Waals surface area contributed by atoms with E-state index in [9.17, 15) is 0 Å². The lowest BCUT2D eigenvalue weighted by atomic mass is 9.82. The SMILES string of the molecule is Cc1c(N2CCOCC2)ccc2c1CN(C)CC2c1ccc2occc2c1. The molecule has 0 spiro atoms. The number of furan rings is 1. The molecule has 0 saturated carbocycles. The molecule has 1 saturated heterocycles. The van der Waals surface area contributed by atoms with Gasteiger partial charge in [-0.3, -0.25) is 0 Å². The average molecular weight is 362 g/mol. The molecule has 2 aliphatic heterocycles. The number of hydrogen-bond acceptors (Lipinski definition) is 4. The van der Waals surface area contributed by atoms with Gasteiger partial charge in [0.1, 0.15) is 5.58 Å². The molecular formula is C23H26N2O2. The lowest BCUT2D eigenvalue weighted by molar-refractivity contribution is 0.122. The molecule has 4 heteroatoms. The molecule has 1 fully saturated rings. The molecule has 3 aromatic rings. The number of likely N-dealkylation sites (N-methyl/N-ethyl adjacent to an activating group) is 1. The minimum atomic E-state index is 0.399. The molecule has 0 aliphatic carbocycles. The molecule has 2 aliphatic rings. The zero-order chi connectivity index (χ0) is 18.4. The fraction of sp³-hybridized carbons (Fsp3) is 0.391. The highest BCUT2D eigenvalue weighted by Crippen LogP contribution is 2.38. The maximum atomic E-state index is 5.54. The molecule has 3 heterocycles. The van der Waals surface area contributed by atoms with E-state index < -0.39 is 0 Å². The van der Waals surface area contributed by atoms with E-state index >= 15 is 0 Å². The molecule has 2 aromatic carbocycles. The number of morpholine rings is 1. The number of rotatable bonds is 2. The van der Waals surface area contributed by atoms with Gasteiger partial charge in [-0.2, -0.15) is 0 Å². The monoisotopic (exact) mass is 362 g/mol. The first kappa shape index (κ1) is 16.8. The number of benzene rings is 2. The van der Waals surface area contributed by atoms with Crippen molar-refractivity contribution < 1.29 is 9.15 Å². The van der Waals surface area contributed by atoms with Crippen molar-refractivity contribution in [2.24, 2.45) is 0 Å². The predicted molar refractivity (Wildman–Crippen MR) is 109 cm³/mol. The number of fused-ring (bicyclic) bond motifs is 2. The van der Waals surface area contributed by atoms with Crippen LogP contribution in [0.3, 0.4) is 0 Å². The van der Waals surface area contributed by atoms with Crippen molar-refractivity contribution in [2.45, 2.75) is 19.4 Å². The smallest absolute Gasteiger partial charge is 0.133 e. The van der Waals surface area contributed by atoms with Gasteiger partial charge in [0.05, 0.1) is 19.5 Å². The molecule has 27 heavy (non-hydrogen) atoms. The maximum absolute atomic E-state index is 5.54. The van der Waals surface area contributed by atoms with Crippen LogP contribution in [0.25, 0.3) is 11.0 Å². The van der Waals surface area contributed by atoms with Crippen molar-refractivity contribution in [1.29, 1.82) is 0 Å². The van der Waals surface area contributed by atoms with Crippen LogP contribution in [0.1, 0.15) is 28.2 Å². The molecule has 0 N–H and O–H groups in total. The largest absolute Gasteiger partial charge is 0.464 e. The molecule has 5 rings (SSSR count). The van der Waals surface area contributed by atoms with Gasteiger partial charge >= 0.3 is 0 Å². The lowest BCUT2D eigenvalue weighted by Crippen LogP contribution is -2.37. The van der Waals surface area contributed by atoms with Crippen LogP contribution in [-0.2, 0) is 11.3 Å². The van der Waals surface area contributed by atoms with Gasteiger partial charge in [-0.05, 0) is 60.5 Å². The summed E-state index contributed by atoms with van der Waals surface area (Å²) < 4.78 is 11.1. The van der Waals surface area contributed by atoms with Crippen LogP contribution in [0, 0.1) is 6.92 Å². The van der Waals surface area contributed by atoms with Crippen molar-refractivity contribution in [2.75, 3.05) is 44.8 Å². The molecule has 4 nitrogen and oxygen atoms in total. The summed E-state index contributed by atoms with van der Waals surface area (Å²) in [7, 11) is 2.23. The van der Waals surface area contributed by atoms with Crippen LogP contribution in [0.5, 0.6) is 0 Å². The summed E-state index contributed by atoms with van der Waals surface area (Å²) in [6.07, 6.45) is 1.77. The fourth-order valence-corrected chi connectivity index (χ4v) is 4.68. The molecule has 0 radical (unpaired) electrons. The minimum Gasteiger partial charge on any atom is -0.464 e. The van der Waals surface area contributed by atoms with E-state index in [2.05, 4.69) is 60.2 Å². The Bertz CT molecular complexity index is 972. The third-order valence-corrected chi connectivity index (χ3v) is 6.13. The first-order chi connectivity index (χ1) is 13.2. The Labute approximate surface area is 160 Å². The Morgan fingerprint density at radius 2 is 1.89 bits per heavy atom. The van der Waals surface area contributed by atoms with Gasteiger partial charge in [0.2, 0.25) is 0 Å². The summed E-state index contributed by atoms with van der Waals surface area (Å²) in [5.74, 6) is 0.399. The van der Waals surface area contributed by atoms with Crippen LogP contribution >= 0.6 is 0 Å². The van der Waals surface area contributed by atoms with Gasteiger partial charge in [-0.1, -0.05) is 12.1 Å². The minimum absolute atomic E-state index is 0.399. The van der Waals surface area contributed by atoms with Crippen molar-refractivity contribution in [1.82, 2.24) is 4.90 Å². The number of nitrogens with zero attached hydrogens (tertiary/aromatic N) is 2. The fourth-order valence-electron chi connectivity index (χ4n) is 4.68. The maximum Gasteiger partial charge on any atom is 0.133 e. The van der Waals surface area contributed by atoms with Crippen molar-refractivity contribution >= 4 is 16.7 Å². The summed E-state index contributed by atoms with van der Waals surface area (Å²) >= 11 is 0. The Morgan fingerprint density at radius 1 is 1.04 bits per heavy atom. The normalized spacial score (nSPS) is 20.8. The van der Waals surface area contributed by atoms with E-state index in [1.54, 1.807) is 6.26 Å². The Morgan fingerprint density at radius 3 is 2.74 bits per heavy atom. The first-order valence-electron chi connectivity index (χ1n) is 9.81. The van der Waals surface area contributed by atoms with Crippen LogP contribution < -0.4 is 4.90 Å². The number of ether oxygens (including phenoxy) is 1. The number of anilines is 1. The van der Waals surface area contributed by atoms with Gasteiger partial charge < -0.3 is 19.0 Å². The molecule has 0 bridgehead atoms. The van der Waals surface area contributed by atoms with E-state index in [1.807, 2.05) is 0 Å². The van der Waals surface area contributed by atoms with Gasteiger partial charge in [0.25, 0.3) is 0 Å². The summed E-state index contributed by atoms with van der Waals surface area (Å²) in [5.41, 5.74) is 8.10. The molecule has 1 atom stereocenters. The van der Waals surface area contributed by atoms with E-state index in [0.717, 1.165) is 45.0 Å².